The summed E-state index contributed by atoms with van der Waals surface area (Å²) in [6.07, 6.45) is 2.46. The zero-order chi connectivity index (χ0) is 23.4. The van der Waals surface area contributed by atoms with Crippen molar-refractivity contribution in [1.82, 2.24) is 19.7 Å². The largest absolute Gasteiger partial charge is 0.466 e. The van der Waals surface area contributed by atoms with E-state index < -0.39 is 11.8 Å². The van der Waals surface area contributed by atoms with Gasteiger partial charge in [-0.3, -0.25) is 14.4 Å². The lowest BCUT2D eigenvalue weighted by atomic mass is 9.97. The highest BCUT2D eigenvalue weighted by atomic mass is 16.5. The highest BCUT2D eigenvalue weighted by molar-refractivity contribution is 6.15. The maximum atomic E-state index is 12.4. The Bertz CT molecular complexity index is 998. The van der Waals surface area contributed by atoms with Crippen LogP contribution in [0.15, 0.2) is 12.4 Å². The number of amides is 2. The number of ether oxygens (including phenoxy) is 2. The number of carbonyl (C=O) groups excluding carboxylic acids is 3. The number of aryl methyl sites for hydroxylation is 2. The van der Waals surface area contributed by atoms with Gasteiger partial charge in [-0.25, -0.2) is 14.6 Å². The minimum Gasteiger partial charge on any atom is -0.466 e. The summed E-state index contributed by atoms with van der Waals surface area (Å²) < 4.78 is 12.6. The molecule has 0 saturated carbocycles. The summed E-state index contributed by atoms with van der Waals surface area (Å²) in [5.74, 6) is -0.512. The Morgan fingerprint density at radius 3 is 2.34 bits per heavy atom. The first-order valence-corrected chi connectivity index (χ1v) is 10.5. The SMILES string of the molecule is CCOC(=O)C1CCN(c2ncnc(Oc3cc(C)nn3C)c2N(C(C)=O)C(C)=O)CC1. The predicted molar refractivity (Wildman–Crippen MR) is 115 cm³/mol. The molecule has 2 aromatic rings. The summed E-state index contributed by atoms with van der Waals surface area (Å²) >= 11 is 0. The van der Waals surface area contributed by atoms with Crippen molar-refractivity contribution in [2.24, 2.45) is 13.0 Å². The van der Waals surface area contributed by atoms with Crippen molar-refractivity contribution in [2.75, 3.05) is 29.5 Å². The highest BCUT2D eigenvalue weighted by Crippen LogP contribution is 2.39. The van der Waals surface area contributed by atoms with Gasteiger partial charge in [0.25, 0.3) is 5.88 Å². The van der Waals surface area contributed by atoms with E-state index >= 15 is 0 Å². The summed E-state index contributed by atoms with van der Waals surface area (Å²) in [6.45, 7) is 7.54. The first-order valence-electron chi connectivity index (χ1n) is 10.5. The van der Waals surface area contributed by atoms with Crippen LogP contribution < -0.4 is 14.5 Å². The van der Waals surface area contributed by atoms with E-state index in [4.69, 9.17) is 9.47 Å². The average molecular weight is 444 g/mol. The van der Waals surface area contributed by atoms with E-state index in [2.05, 4.69) is 15.1 Å². The minimum absolute atomic E-state index is 0.0657. The van der Waals surface area contributed by atoms with Crippen LogP contribution in [0.25, 0.3) is 0 Å². The molecular formula is C21H28N6O5. The lowest BCUT2D eigenvalue weighted by Crippen LogP contribution is -2.40. The molecule has 3 rings (SSSR count). The number of carbonyl (C=O) groups is 3. The van der Waals surface area contributed by atoms with Gasteiger partial charge in [-0.2, -0.15) is 10.1 Å². The molecule has 11 heteroatoms. The molecule has 3 heterocycles. The van der Waals surface area contributed by atoms with Gasteiger partial charge in [-0.05, 0) is 26.7 Å². The van der Waals surface area contributed by atoms with E-state index in [0.29, 0.717) is 44.2 Å². The minimum atomic E-state index is -0.485. The lowest BCUT2D eigenvalue weighted by molar-refractivity contribution is -0.148. The van der Waals surface area contributed by atoms with Gasteiger partial charge in [0.15, 0.2) is 11.5 Å². The third-order valence-electron chi connectivity index (χ3n) is 5.20. The van der Waals surface area contributed by atoms with Crippen LogP contribution in [-0.4, -0.2) is 57.2 Å². The van der Waals surface area contributed by atoms with Gasteiger partial charge in [0.2, 0.25) is 17.7 Å². The number of piperidine rings is 1. The second-order valence-electron chi connectivity index (χ2n) is 7.59. The molecule has 0 radical (unpaired) electrons. The zero-order valence-electron chi connectivity index (χ0n) is 19.0. The molecule has 172 valence electrons. The maximum Gasteiger partial charge on any atom is 0.309 e. The first-order chi connectivity index (χ1) is 15.2. The summed E-state index contributed by atoms with van der Waals surface area (Å²) in [7, 11) is 1.72. The number of esters is 1. The molecule has 1 aliphatic heterocycles. The summed E-state index contributed by atoms with van der Waals surface area (Å²) in [5.41, 5.74) is 0.912. The fraction of sp³-hybridized carbons (Fsp3) is 0.524. The number of hydrogen-bond acceptors (Lipinski definition) is 9. The van der Waals surface area contributed by atoms with E-state index in [1.807, 2.05) is 11.8 Å². The van der Waals surface area contributed by atoms with Crippen LogP contribution in [0.2, 0.25) is 0 Å². The van der Waals surface area contributed by atoms with Crippen molar-refractivity contribution in [3.63, 3.8) is 0 Å². The van der Waals surface area contributed by atoms with Gasteiger partial charge >= 0.3 is 5.97 Å². The molecule has 11 nitrogen and oxygen atoms in total. The lowest BCUT2D eigenvalue weighted by Gasteiger charge is -2.34. The molecule has 1 fully saturated rings. The van der Waals surface area contributed by atoms with Crippen molar-refractivity contribution in [3.8, 4) is 11.8 Å². The van der Waals surface area contributed by atoms with Crippen LogP contribution >= 0.6 is 0 Å². The molecule has 32 heavy (non-hydrogen) atoms. The summed E-state index contributed by atoms with van der Waals surface area (Å²) in [5, 5.41) is 4.25. The van der Waals surface area contributed by atoms with E-state index in [0.717, 1.165) is 10.6 Å². The number of hydrogen-bond donors (Lipinski definition) is 0. The number of nitrogens with zero attached hydrogens (tertiary/aromatic N) is 6. The molecule has 2 aromatic heterocycles. The van der Waals surface area contributed by atoms with Gasteiger partial charge in [-0.1, -0.05) is 0 Å². The molecule has 0 N–H and O–H groups in total. The molecule has 0 bridgehead atoms. The Kier molecular flexibility index (Phi) is 7.06. The molecule has 0 unspecified atom stereocenters. The predicted octanol–water partition coefficient (Wildman–Crippen LogP) is 1.99. The van der Waals surface area contributed by atoms with Crippen LogP contribution in [0.4, 0.5) is 11.5 Å². The molecular weight excluding hydrogens is 416 g/mol. The van der Waals surface area contributed by atoms with Crippen molar-refractivity contribution >= 4 is 29.3 Å². The quantitative estimate of drug-likeness (QED) is 0.616. The van der Waals surface area contributed by atoms with E-state index in [1.54, 1.807) is 20.0 Å². The van der Waals surface area contributed by atoms with Crippen LogP contribution in [-0.2, 0) is 26.2 Å². The van der Waals surface area contributed by atoms with E-state index in [1.165, 1.54) is 24.9 Å². The maximum absolute atomic E-state index is 12.4. The fourth-order valence-corrected chi connectivity index (χ4v) is 3.76. The van der Waals surface area contributed by atoms with Crippen molar-refractivity contribution < 1.29 is 23.9 Å². The third kappa shape index (κ3) is 4.87. The summed E-state index contributed by atoms with van der Waals surface area (Å²) in [4.78, 5) is 48.4. The van der Waals surface area contributed by atoms with Crippen LogP contribution in [0, 0.1) is 12.8 Å². The molecule has 1 aliphatic rings. The van der Waals surface area contributed by atoms with Gasteiger partial charge in [0.1, 0.15) is 6.33 Å². The Labute approximate surface area is 186 Å². The Morgan fingerprint density at radius 1 is 1.16 bits per heavy atom. The zero-order valence-corrected chi connectivity index (χ0v) is 19.0. The molecule has 0 atom stereocenters. The normalized spacial score (nSPS) is 14.2. The van der Waals surface area contributed by atoms with E-state index in [-0.39, 0.29) is 23.5 Å². The number of anilines is 2. The van der Waals surface area contributed by atoms with E-state index in [9.17, 15) is 14.4 Å². The third-order valence-corrected chi connectivity index (χ3v) is 5.20. The Morgan fingerprint density at radius 2 is 1.81 bits per heavy atom. The molecule has 2 amide bonds. The van der Waals surface area contributed by atoms with Crippen molar-refractivity contribution in [2.45, 2.75) is 40.5 Å². The number of rotatable bonds is 6. The first kappa shape index (κ1) is 23.2. The summed E-state index contributed by atoms with van der Waals surface area (Å²) in [6, 6.07) is 1.72. The van der Waals surface area contributed by atoms with Gasteiger partial charge in [-0.15, -0.1) is 0 Å². The monoisotopic (exact) mass is 444 g/mol. The van der Waals surface area contributed by atoms with Gasteiger partial charge in [0.05, 0.1) is 18.2 Å². The number of imide groups is 1. The second kappa shape index (κ2) is 9.75. The highest BCUT2D eigenvalue weighted by Gasteiger charge is 2.33. The average Bonchev–Trinajstić information content (AvgIpc) is 3.05. The Hall–Kier alpha value is -3.50. The standard InChI is InChI=1S/C21H28N6O5/c1-6-31-21(30)16-7-9-26(10-8-16)19-18(27(14(3)28)15(4)29)20(23-12-22-19)32-17-11-13(2)24-25(17)5/h11-12,16H,6-10H2,1-5H3. The van der Waals surface area contributed by atoms with Crippen molar-refractivity contribution in [3.05, 3.63) is 18.1 Å². The molecule has 0 aliphatic carbocycles. The van der Waals surface area contributed by atoms with Gasteiger partial charge < -0.3 is 14.4 Å². The van der Waals surface area contributed by atoms with Crippen molar-refractivity contribution in [1.29, 1.82) is 0 Å². The van der Waals surface area contributed by atoms with Crippen LogP contribution in [0.5, 0.6) is 11.8 Å². The fourth-order valence-electron chi connectivity index (χ4n) is 3.76. The topological polar surface area (TPSA) is 120 Å². The van der Waals surface area contributed by atoms with Crippen LogP contribution in [0.3, 0.4) is 0 Å². The Balaban J connectivity index is 1.99. The van der Waals surface area contributed by atoms with Crippen LogP contribution in [0.1, 0.15) is 39.3 Å². The van der Waals surface area contributed by atoms with Gasteiger partial charge in [0, 0.05) is 40.1 Å². The molecule has 0 aromatic carbocycles. The second-order valence-corrected chi connectivity index (χ2v) is 7.59. The smallest absolute Gasteiger partial charge is 0.309 e. The number of aromatic nitrogens is 4. The molecule has 1 saturated heterocycles. The molecule has 0 spiro atoms.